The molecule has 2 atom stereocenters. The number of ether oxygens (including phenoxy) is 2. The van der Waals surface area contributed by atoms with Gasteiger partial charge in [0, 0.05) is 36.6 Å². The van der Waals surface area contributed by atoms with Gasteiger partial charge in [-0.1, -0.05) is 27.7 Å². The zero-order chi connectivity index (χ0) is 24.1. The fourth-order valence-corrected chi connectivity index (χ4v) is 6.02. The molecule has 4 aliphatic rings. The summed E-state index contributed by atoms with van der Waals surface area (Å²) < 4.78 is 12.1. The molecular weight excluding hydrogens is 424 g/mol. The highest BCUT2D eigenvalue weighted by Gasteiger charge is 2.44. The van der Waals surface area contributed by atoms with Crippen molar-refractivity contribution in [3.63, 3.8) is 0 Å². The molecule has 6 nitrogen and oxygen atoms in total. The Bertz CT molecular complexity index is 971. The van der Waals surface area contributed by atoms with E-state index in [9.17, 15) is 0 Å². The van der Waals surface area contributed by atoms with Crippen LogP contribution in [0.5, 0.6) is 11.5 Å². The van der Waals surface area contributed by atoms with E-state index >= 15 is 0 Å². The van der Waals surface area contributed by atoms with Crippen molar-refractivity contribution in [3.8, 4) is 11.5 Å². The molecule has 2 aromatic heterocycles. The first-order chi connectivity index (χ1) is 16.2. The number of pyridine rings is 2. The van der Waals surface area contributed by atoms with Crippen LogP contribution in [0.3, 0.4) is 0 Å². The van der Waals surface area contributed by atoms with Crippen molar-refractivity contribution in [2.75, 3.05) is 36.1 Å². The molecule has 6 heterocycles. The summed E-state index contributed by atoms with van der Waals surface area (Å²) in [7, 11) is 0. The molecule has 4 aliphatic heterocycles. The highest BCUT2D eigenvalue weighted by Crippen LogP contribution is 2.46. The average Bonchev–Trinajstić information content (AvgIpc) is 3.41. The summed E-state index contributed by atoms with van der Waals surface area (Å²) in [5.41, 5.74) is 2.89. The van der Waals surface area contributed by atoms with Crippen molar-refractivity contribution in [2.24, 2.45) is 0 Å². The summed E-state index contributed by atoms with van der Waals surface area (Å²) in [5.74, 6) is 5.12. The first-order valence-corrected chi connectivity index (χ1v) is 13.0. The molecule has 0 saturated carbocycles. The molecule has 2 fully saturated rings. The Balaban J connectivity index is 0.000000142. The number of anilines is 2. The van der Waals surface area contributed by atoms with Gasteiger partial charge < -0.3 is 19.3 Å². The van der Waals surface area contributed by atoms with Gasteiger partial charge >= 0.3 is 0 Å². The summed E-state index contributed by atoms with van der Waals surface area (Å²) in [5, 5.41) is 0. The maximum Gasteiger partial charge on any atom is 0.172 e. The molecule has 0 radical (unpaired) electrons. The number of aromatic nitrogens is 2. The van der Waals surface area contributed by atoms with E-state index in [0.717, 1.165) is 49.4 Å². The molecule has 0 aliphatic carbocycles. The van der Waals surface area contributed by atoms with Crippen LogP contribution < -0.4 is 19.3 Å². The van der Waals surface area contributed by atoms with E-state index in [-0.39, 0.29) is 11.1 Å². The summed E-state index contributed by atoms with van der Waals surface area (Å²) >= 11 is 0. The lowest BCUT2D eigenvalue weighted by molar-refractivity contribution is 0.208. The van der Waals surface area contributed by atoms with Crippen molar-refractivity contribution in [1.82, 2.24) is 9.97 Å². The molecule has 6 heteroatoms. The Morgan fingerprint density at radius 2 is 1.15 bits per heavy atom. The number of rotatable bonds is 2. The van der Waals surface area contributed by atoms with Gasteiger partial charge in [-0.3, -0.25) is 0 Å². The summed E-state index contributed by atoms with van der Waals surface area (Å²) in [6.45, 7) is 17.2. The van der Waals surface area contributed by atoms with Gasteiger partial charge in [0.15, 0.2) is 23.1 Å². The van der Waals surface area contributed by atoms with E-state index in [2.05, 4.69) is 73.4 Å². The third-order valence-electron chi connectivity index (χ3n) is 8.14. The van der Waals surface area contributed by atoms with E-state index in [1.165, 1.54) is 36.8 Å². The zero-order valence-electron chi connectivity index (χ0n) is 21.7. The highest BCUT2D eigenvalue weighted by molar-refractivity contribution is 5.62. The predicted molar refractivity (Wildman–Crippen MR) is 138 cm³/mol. The number of hydrogen-bond acceptors (Lipinski definition) is 6. The van der Waals surface area contributed by atoms with Crippen molar-refractivity contribution >= 4 is 11.6 Å². The van der Waals surface area contributed by atoms with Gasteiger partial charge in [-0.2, -0.15) is 0 Å². The highest BCUT2D eigenvalue weighted by atomic mass is 16.5. The van der Waals surface area contributed by atoms with E-state index in [0.29, 0.717) is 11.8 Å². The average molecular weight is 465 g/mol. The second kappa shape index (κ2) is 8.62. The molecule has 0 spiro atoms. The van der Waals surface area contributed by atoms with Crippen molar-refractivity contribution < 1.29 is 9.47 Å². The van der Waals surface area contributed by atoms with Crippen LogP contribution in [0.15, 0.2) is 24.5 Å². The number of fused-ring (bicyclic) bond motifs is 6. The van der Waals surface area contributed by atoms with E-state index in [4.69, 9.17) is 9.47 Å². The zero-order valence-corrected chi connectivity index (χ0v) is 21.7. The summed E-state index contributed by atoms with van der Waals surface area (Å²) in [6.07, 6.45) is 8.74. The lowest BCUT2D eigenvalue weighted by Gasteiger charge is -2.41. The molecule has 184 valence electrons. The van der Waals surface area contributed by atoms with Gasteiger partial charge in [-0.05, 0) is 63.5 Å². The predicted octanol–water partition coefficient (Wildman–Crippen LogP) is 5.91. The monoisotopic (exact) mass is 464 g/mol. The van der Waals surface area contributed by atoms with Crippen molar-refractivity contribution in [3.05, 3.63) is 35.7 Å². The summed E-state index contributed by atoms with van der Waals surface area (Å²) in [6, 6.07) is 4.17. The van der Waals surface area contributed by atoms with Crippen LogP contribution in [0.2, 0.25) is 0 Å². The van der Waals surface area contributed by atoms with Crippen LogP contribution in [0.4, 0.5) is 11.6 Å². The van der Waals surface area contributed by atoms with E-state index in [1.54, 1.807) is 0 Å². The van der Waals surface area contributed by atoms with Crippen molar-refractivity contribution in [2.45, 2.75) is 90.1 Å². The third kappa shape index (κ3) is 3.79. The van der Waals surface area contributed by atoms with Crippen LogP contribution in [0, 0.1) is 0 Å². The van der Waals surface area contributed by atoms with Gasteiger partial charge in [0.1, 0.15) is 13.2 Å². The third-order valence-corrected chi connectivity index (χ3v) is 8.14. The molecule has 0 amide bonds. The largest absolute Gasteiger partial charge is 0.487 e. The van der Waals surface area contributed by atoms with Crippen molar-refractivity contribution in [1.29, 1.82) is 0 Å². The molecule has 0 N–H and O–H groups in total. The normalized spacial score (nSPS) is 26.7. The molecule has 0 aromatic carbocycles. The SMILES string of the molecule is CC(C)c1ccnc2c1OC[C@@]1(C)CCCN21.CC(C)c1ccnc2c1OC[C@]1(C)CCCN21. The van der Waals surface area contributed by atoms with Crippen LogP contribution in [-0.4, -0.2) is 47.3 Å². The molecule has 0 unspecified atom stereocenters. The lowest BCUT2D eigenvalue weighted by Crippen LogP contribution is -2.49. The molecule has 2 aromatic rings. The number of hydrogen-bond donors (Lipinski definition) is 0. The molecule has 6 rings (SSSR count). The summed E-state index contributed by atoms with van der Waals surface area (Å²) in [4.78, 5) is 14.0. The Kier molecular flexibility index (Phi) is 5.89. The lowest BCUT2D eigenvalue weighted by atomic mass is 9.97. The molecule has 34 heavy (non-hydrogen) atoms. The van der Waals surface area contributed by atoms with E-state index < -0.39 is 0 Å². The molecule has 0 bridgehead atoms. The minimum absolute atomic E-state index is 0.162. The quantitative estimate of drug-likeness (QED) is 0.550. The van der Waals surface area contributed by atoms with Gasteiger partial charge in [0.25, 0.3) is 0 Å². The minimum atomic E-state index is 0.162. The smallest absolute Gasteiger partial charge is 0.172 e. The Labute approximate surface area is 204 Å². The fourth-order valence-electron chi connectivity index (χ4n) is 6.02. The standard InChI is InChI=1S/2C14H20N2O/c2*1-10(2)11-5-7-15-13-12(11)17-9-14(3)6-4-8-16(13)14/h2*5,7,10H,4,6,8-9H2,1-3H3/t2*14-/m10/s1. The maximum absolute atomic E-state index is 6.03. The Hall–Kier alpha value is -2.50. The molecular formula is C28H40N4O2. The molecule has 2 saturated heterocycles. The van der Waals surface area contributed by atoms with Gasteiger partial charge in [0.05, 0.1) is 11.1 Å². The van der Waals surface area contributed by atoms with Gasteiger partial charge in [-0.15, -0.1) is 0 Å². The Morgan fingerprint density at radius 3 is 1.53 bits per heavy atom. The minimum Gasteiger partial charge on any atom is -0.487 e. The second-order valence-corrected chi connectivity index (χ2v) is 11.5. The first-order valence-electron chi connectivity index (χ1n) is 13.0. The first kappa shape index (κ1) is 23.3. The number of nitrogens with zero attached hydrogens (tertiary/aromatic N) is 4. The maximum atomic E-state index is 6.03. The fraction of sp³-hybridized carbons (Fsp3) is 0.643. The second-order valence-electron chi connectivity index (χ2n) is 11.5. The van der Waals surface area contributed by atoms with E-state index in [1.807, 2.05) is 12.4 Å². The van der Waals surface area contributed by atoms with Crippen LogP contribution >= 0.6 is 0 Å². The van der Waals surface area contributed by atoms with Gasteiger partial charge in [-0.25, -0.2) is 9.97 Å². The van der Waals surface area contributed by atoms with Crippen LogP contribution in [0.25, 0.3) is 0 Å². The topological polar surface area (TPSA) is 50.7 Å². The van der Waals surface area contributed by atoms with Crippen LogP contribution in [-0.2, 0) is 0 Å². The Morgan fingerprint density at radius 1 is 0.735 bits per heavy atom. The van der Waals surface area contributed by atoms with Gasteiger partial charge in [0.2, 0.25) is 0 Å². The van der Waals surface area contributed by atoms with Crippen LogP contribution in [0.1, 0.15) is 90.2 Å².